The molecule has 2 aromatic carbocycles. The number of aryl methyl sites for hydroxylation is 3. The fourth-order valence-electron chi connectivity index (χ4n) is 5.90. The van der Waals surface area contributed by atoms with E-state index in [0.29, 0.717) is 12.3 Å². The summed E-state index contributed by atoms with van der Waals surface area (Å²) in [7, 11) is 0. The lowest BCUT2D eigenvalue weighted by atomic mass is 9.86. The van der Waals surface area contributed by atoms with Gasteiger partial charge >= 0.3 is 5.97 Å². The van der Waals surface area contributed by atoms with E-state index in [1.54, 1.807) is 19.9 Å². The molecule has 1 fully saturated rings. The van der Waals surface area contributed by atoms with Crippen molar-refractivity contribution in [2.75, 3.05) is 12.0 Å². The molecule has 0 bridgehead atoms. The van der Waals surface area contributed by atoms with Gasteiger partial charge in [-0.2, -0.15) is 4.98 Å². The summed E-state index contributed by atoms with van der Waals surface area (Å²) in [5, 5.41) is 43.1. The van der Waals surface area contributed by atoms with Crippen LogP contribution in [0.3, 0.4) is 0 Å². The number of benzene rings is 2. The van der Waals surface area contributed by atoms with Crippen molar-refractivity contribution in [3.05, 3.63) is 94.1 Å². The number of nitrogens with zero attached hydrogens (tertiary/aromatic N) is 5. The van der Waals surface area contributed by atoms with E-state index >= 15 is 0 Å². The van der Waals surface area contributed by atoms with Gasteiger partial charge in [-0.15, -0.1) is 15.8 Å². The van der Waals surface area contributed by atoms with E-state index in [1.165, 1.54) is 30.2 Å². The summed E-state index contributed by atoms with van der Waals surface area (Å²) in [6.07, 6.45) is 9.03. The highest BCUT2D eigenvalue weighted by Gasteiger charge is 2.31. The second kappa shape index (κ2) is 22.0. The number of aromatic nitrogens is 4. The number of aromatic carboxylic acids is 1. The van der Waals surface area contributed by atoms with Crippen LogP contribution in [0.2, 0.25) is 0 Å². The number of allylic oxidation sites excluding steroid dienone is 1. The minimum Gasteiger partial charge on any atom is -0.478 e. The molecule has 2 unspecified atom stereocenters. The van der Waals surface area contributed by atoms with E-state index < -0.39 is 10.9 Å². The van der Waals surface area contributed by atoms with Gasteiger partial charge in [0.15, 0.2) is 0 Å². The van der Waals surface area contributed by atoms with Gasteiger partial charge in [0, 0.05) is 53.4 Å². The third-order valence-electron chi connectivity index (χ3n) is 10.0. The minimum atomic E-state index is -1.88. The molecule has 5 rings (SSSR count). The Morgan fingerprint density at radius 2 is 1.59 bits per heavy atom. The van der Waals surface area contributed by atoms with Crippen molar-refractivity contribution < 1.29 is 30.2 Å². The summed E-state index contributed by atoms with van der Waals surface area (Å²) in [5.74, 6) is 0.553. The van der Waals surface area contributed by atoms with Gasteiger partial charge in [-0.25, -0.2) is 19.7 Å². The van der Waals surface area contributed by atoms with Crippen molar-refractivity contribution in [1.29, 1.82) is 0 Å². The quantitative estimate of drug-likeness (QED) is 0.0623. The van der Waals surface area contributed by atoms with Crippen LogP contribution < -0.4 is 20.4 Å². The molecule has 0 spiro atoms. The number of nitrogens with one attached hydrogen (secondary N) is 2. The Morgan fingerprint density at radius 3 is 2.17 bits per heavy atom. The molecule has 2 atom stereocenters. The molecule has 2 aromatic heterocycles. The lowest BCUT2D eigenvalue weighted by Crippen LogP contribution is -2.48. The van der Waals surface area contributed by atoms with Crippen LogP contribution >= 0.6 is 0 Å². The first-order valence-electron chi connectivity index (χ1n) is 20.6. The van der Waals surface area contributed by atoms with Crippen molar-refractivity contribution >= 4 is 23.7 Å². The summed E-state index contributed by atoms with van der Waals surface area (Å²) >= 11 is 0. The van der Waals surface area contributed by atoms with Gasteiger partial charge in [-0.05, 0) is 82.9 Å². The predicted octanol–water partition coefficient (Wildman–Crippen LogP) is 10.2. The first kappa shape index (κ1) is 48.6. The molecule has 0 aliphatic carbocycles. The highest BCUT2D eigenvalue weighted by atomic mass is 16.9. The summed E-state index contributed by atoms with van der Waals surface area (Å²) in [6, 6.07) is 12.9. The highest BCUT2D eigenvalue weighted by molar-refractivity contribution is 5.88. The number of carboxylic acids is 1. The Labute approximate surface area is 351 Å². The Kier molecular flexibility index (Phi) is 18.1. The van der Waals surface area contributed by atoms with Crippen molar-refractivity contribution in [2.24, 2.45) is 11.3 Å². The number of quaternary nitrogens is 1. The molecule has 1 saturated heterocycles. The first-order chi connectivity index (χ1) is 27.6. The number of aliphatic hydroxyl groups is 1. The summed E-state index contributed by atoms with van der Waals surface area (Å²) in [6.45, 7) is 25.1. The van der Waals surface area contributed by atoms with E-state index in [9.17, 15) is 20.3 Å². The number of anilines is 1. The number of carbonyl (C=O) groups is 1. The lowest BCUT2D eigenvalue weighted by molar-refractivity contribution is -0.273. The number of rotatable bonds is 11. The molecule has 0 amide bonds. The number of carboxylic acid groups (broad SMARTS) is 1. The second-order valence-electron chi connectivity index (χ2n) is 17.0. The Balaban J connectivity index is 0.000000935. The number of hydrogen-bond donors (Lipinski definition) is 6. The van der Waals surface area contributed by atoms with E-state index in [-0.39, 0.29) is 46.7 Å². The molecular weight excluding hydrogens is 747 g/mol. The lowest BCUT2D eigenvalue weighted by Gasteiger charge is -2.23. The van der Waals surface area contributed by atoms with Crippen molar-refractivity contribution in [1.82, 2.24) is 30.2 Å². The molecule has 13 heteroatoms. The fourth-order valence-corrected chi connectivity index (χ4v) is 5.90. The van der Waals surface area contributed by atoms with E-state index in [2.05, 4.69) is 75.3 Å². The normalized spacial score (nSPS) is 16.1. The first-order valence-corrected chi connectivity index (χ1v) is 20.6. The molecule has 4 aromatic rings. The van der Waals surface area contributed by atoms with Crippen LogP contribution in [0.1, 0.15) is 139 Å². The van der Waals surface area contributed by atoms with Gasteiger partial charge in [-0.3, -0.25) is 0 Å². The third kappa shape index (κ3) is 15.4. The van der Waals surface area contributed by atoms with Crippen LogP contribution in [0.15, 0.2) is 60.3 Å². The summed E-state index contributed by atoms with van der Waals surface area (Å²) < 4.78 is 6.31. The van der Waals surface area contributed by atoms with Gasteiger partial charge in [0.1, 0.15) is 12.4 Å². The molecule has 13 nitrogen and oxygen atoms in total. The zero-order chi connectivity index (χ0) is 44.1. The zero-order valence-electron chi connectivity index (χ0n) is 37.2. The number of aliphatic hydroxyl groups excluding tert-OH is 1. The largest absolute Gasteiger partial charge is 0.478 e. The summed E-state index contributed by atoms with van der Waals surface area (Å²) in [5.41, 5.74) is 8.88. The topological polar surface area (TPSA) is 183 Å². The zero-order valence-corrected chi connectivity index (χ0v) is 37.2. The molecule has 0 saturated carbocycles. The maximum Gasteiger partial charge on any atom is 0.335 e. The van der Waals surface area contributed by atoms with Crippen molar-refractivity contribution in [2.45, 2.75) is 133 Å². The molecule has 322 valence electrons. The van der Waals surface area contributed by atoms with Crippen molar-refractivity contribution in [3.8, 4) is 17.1 Å². The van der Waals surface area contributed by atoms with Gasteiger partial charge in [-0.1, -0.05) is 96.7 Å². The van der Waals surface area contributed by atoms with Gasteiger partial charge < -0.3 is 20.3 Å². The third-order valence-corrected chi connectivity index (χ3v) is 10.0. The Morgan fingerprint density at radius 1 is 0.983 bits per heavy atom. The maximum atomic E-state index is 11.5. The fraction of sp³-hybridized carbons (Fsp3) is 0.500. The Hall–Kier alpha value is -4.79. The van der Waals surface area contributed by atoms with E-state index in [4.69, 9.17) is 19.8 Å². The van der Waals surface area contributed by atoms with Crippen LogP contribution in [-0.2, 0) is 0 Å². The van der Waals surface area contributed by atoms with Gasteiger partial charge in [0.05, 0.1) is 22.2 Å². The van der Waals surface area contributed by atoms with Crippen LogP contribution in [0.5, 0.6) is 5.88 Å². The van der Waals surface area contributed by atoms with Gasteiger partial charge in [0.25, 0.3) is 5.95 Å². The molecule has 1 aliphatic heterocycles. The van der Waals surface area contributed by atoms with Crippen LogP contribution in [-0.4, -0.2) is 65.3 Å². The minimum absolute atomic E-state index is 0.0200. The SMILES string of the molecule is C/C(=C\c1cnc(C2CCCCC(COc3cc(-c4c(C)cccc4C)nc(N[N+](O)(O)c4cccc(C(=O)O)c4)n3)N2)nc1C)C(C)(C)C.CC(C)O.CCC(C)C. The van der Waals surface area contributed by atoms with Crippen molar-refractivity contribution in [3.63, 3.8) is 0 Å². The predicted molar refractivity (Wildman–Crippen MR) is 235 cm³/mol. The molecule has 6 N–H and O–H groups in total. The molecule has 59 heavy (non-hydrogen) atoms. The number of ether oxygens (including phenoxy) is 1. The Bertz CT molecular complexity index is 1990. The van der Waals surface area contributed by atoms with E-state index in [1.807, 2.05) is 45.2 Å². The average molecular weight is 815 g/mol. The van der Waals surface area contributed by atoms with Crippen LogP contribution in [0, 0.1) is 32.1 Å². The molecular formula is C46H68N7O6+. The molecule has 1 aliphatic rings. The standard InChI is InChI=1S/C38H47N7O5.C5H12.C3H8O/c1-23-12-10-13-24(2)34(23)32-20-33(43-37(42-32)44-45(48,49)30-16-11-14-27(19-30)36(46)47)50-22-29-15-8-9-17-31(41-29)35-39-21-28(26(4)40-35)18-25(3)38(5,6)7;1-4-5(2)3;1-3(2)4/h10-14,16,18-21,29,31,41,48-49H,8-9,15,17,22H2,1-7H3,(H-,42,43,44,46,47);5H,4H2,1-3H3;3-4H,1-2H3/p+1/b25-18+;;. The monoisotopic (exact) mass is 815 g/mol. The van der Waals surface area contributed by atoms with Crippen LogP contribution in [0.4, 0.5) is 11.6 Å². The number of hydrogen-bond acceptors (Lipinski definition) is 11. The van der Waals surface area contributed by atoms with Crippen LogP contribution in [0.25, 0.3) is 17.3 Å². The van der Waals surface area contributed by atoms with E-state index in [0.717, 1.165) is 71.4 Å². The smallest absolute Gasteiger partial charge is 0.335 e. The highest BCUT2D eigenvalue weighted by Crippen LogP contribution is 2.31. The summed E-state index contributed by atoms with van der Waals surface area (Å²) in [4.78, 5) is 28.4. The molecule has 3 heterocycles. The average Bonchev–Trinajstić information content (AvgIpc) is 3.40. The second-order valence-corrected chi connectivity index (χ2v) is 17.0. The van der Waals surface area contributed by atoms with Gasteiger partial charge in [0.2, 0.25) is 11.6 Å². The molecule has 0 radical (unpaired) electrons. The maximum absolute atomic E-state index is 11.5.